The summed E-state index contributed by atoms with van der Waals surface area (Å²) in [6.07, 6.45) is 11.2. The minimum absolute atomic E-state index is 0.0398. The molecule has 1 amide bonds. The Labute approximate surface area is 219 Å². The largest absolute Gasteiger partial charge is 0.356 e. The Morgan fingerprint density at radius 3 is 2.70 bits per heavy atom. The summed E-state index contributed by atoms with van der Waals surface area (Å²) in [5, 5.41) is 5.00. The normalized spacial score (nSPS) is 21.1. The third kappa shape index (κ3) is 4.03. The number of aromatic amines is 1. The van der Waals surface area contributed by atoms with Crippen LogP contribution in [-0.4, -0.2) is 71.7 Å². The topological polar surface area (TPSA) is 109 Å². The van der Waals surface area contributed by atoms with Crippen molar-refractivity contribution in [3.05, 3.63) is 47.6 Å². The van der Waals surface area contributed by atoms with Crippen LogP contribution in [0.5, 0.6) is 0 Å². The van der Waals surface area contributed by atoms with Crippen molar-refractivity contribution in [1.29, 1.82) is 0 Å². The molecule has 1 aliphatic carbocycles. The predicted octanol–water partition coefficient (Wildman–Crippen LogP) is 3.64. The first-order valence-corrected chi connectivity index (χ1v) is 13.4. The number of imidazole rings is 1. The molecule has 3 aliphatic rings. The molecule has 0 aromatic carbocycles. The number of H-pyrrole nitrogens is 1. The Bertz CT molecular complexity index is 1470. The summed E-state index contributed by atoms with van der Waals surface area (Å²) in [5.74, 6) is 2.56. The number of carbonyl (C=O) groups is 1. The van der Waals surface area contributed by atoms with Crippen molar-refractivity contribution in [2.75, 3.05) is 31.1 Å². The fourth-order valence-corrected chi connectivity index (χ4v) is 5.82. The molecule has 1 atom stereocenters. The molecule has 0 bridgehead atoms. The number of pyridine rings is 1. The first-order chi connectivity index (χ1) is 18.1. The van der Waals surface area contributed by atoms with Crippen LogP contribution in [0.25, 0.3) is 22.7 Å². The molecule has 10 nitrogen and oxygen atoms in total. The van der Waals surface area contributed by atoms with E-state index in [2.05, 4.69) is 20.0 Å². The van der Waals surface area contributed by atoms with E-state index in [1.54, 1.807) is 12.4 Å². The number of nitrogens with one attached hydrogen (secondary N) is 1. The maximum Gasteiger partial charge on any atom is 0.227 e. The lowest BCUT2D eigenvalue weighted by Gasteiger charge is -2.34. The number of hydrogen-bond donors (Lipinski definition) is 1. The Morgan fingerprint density at radius 1 is 1.05 bits per heavy atom. The lowest BCUT2D eigenvalue weighted by atomic mass is 9.96. The molecular formula is C26H28ClN9O. The van der Waals surface area contributed by atoms with Crippen molar-refractivity contribution in [3.63, 3.8) is 0 Å². The van der Waals surface area contributed by atoms with Crippen molar-refractivity contribution in [2.45, 2.75) is 44.1 Å². The van der Waals surface area contributed by atoms with Crippen LogP contribution in [0.1, 0.15) is 44.3 Å². The van der Waals surface area contributed by atoms with Crippen LogP contribution in [0.15, 0.2) is 36.8 Å². The number of fused-ring (bicyclic) bond motifs is 1. The van der Waals surface area contributed by atoms with Gasteiger partial charge in [-0.25, -0.2) is 19.9 Å². The van der Waals surface area contributed by atoms with Crippen LogP contribution < -0.4 is 4.90 Å². The van der Waals surface area contributed by atoms with E-state index in [1.807, 2.05) is 34.0 Å². The minimum Gasteiger partial charge on any atom is -0.356 e. The monoisotopic (exact) mass is 517 g/mol. The van der Waals surface area contributed by atoms with Crippen LogP contribution in [0.3, 0.4) is 0 Å². The fourth-order valence-electron chi connectivity index (χ4n) is 5.69. The molecule has 0 unspecified atom stereocenters. The Hall–Kier alpha value is -3.53. The number of rotatable bonds is 5. The quantitative estimate of drug-likeness (QED) is 0.430. The molecule has 2 saturated heterocycles. The summed E-state index contributed by atoms with van der Waals surface area (Å²) in [5.41, 5.74) is 1.85. The molecule has 0 spiro atoms. The van der Waals surface area contributed by atoms with Gasteiger partial charge in [-0.2, -0.15) is 5.10 Å². The van der Waals surface area contributed by atoms with Crippen molar-refractivity contribution in [2.24, 2.45) is 5.92 Å². The van der Waals surface area contributed by atoms with Crippen molar-refractivity contribution < 1.29 is 4.79 Å². The zero-order chi connectivity index (χ0) is 25.0. The van der Waals surface area contributed by atoms with E-state index in [1.165, 1.54) is 0 Å². The Balaban J connectivity index is 1.14. The summed E-state index contributed by atoms with van der Waals surface area (Å²) in [6.45, 7) is 3.41. The minimum atomic E-state index is -0.349. The zero-order valence-corrected chi connectivity index (χ0v) is 21.2. The van der Waals surface area contributed by atoms with E-state index < -0.39 is 0 Å². The van der Waals surface area contributed by atoms with Gasteiger partial charge < -0.3 is 14.8 Å². The zero-order valence-electron chi connectivity index (χ0n) is 20.5. The van der Waals surface area contributed by atoms with Crippen LogP contribution in [0.2, 0.25) is 5.02 Å². The predicted molar refractivity (Wildman–Crippen MR) is 139 cm³/mol. The van der Waals surface area contributed by atoms with E-state index >= 15 is 0 Å². The number of piperidine rings is 1. The standard InChI is InChI=1S/C26H28ClN9O/c27-18-14-29-36(16-18)26(8-9-26)25-28-10-7-20(31-25)22-30-19-5-6-21(32-23(19)33-22)35-13-3-4-17(15-35)24(37)34-11-1-2-12-34/h5-7,10,14,16-17H,1-4,8-9,11-13,15H2,(H,30,32,33)/t17-/m1/s1. The van der Waals surface area contributed by atoms with Crippen molar-refractivity contribution in [3.8, 4) is 11.5 Å². The summed E-state index contributed by atoms with van der Waals surface area (Å²) >= 11 is 6.11. The number of anilines is 1. The molecule has 7 rings (SSSR count). The van der Waals surface area contributed by atoms with Crippen LogP contribution >= 0.6 is 11.6 Å². The Morgan fingerprint density at radius 2 is 1.92 bits per heavy atom. The molecule has 2 aliphatic heterocycles. The van der Waals surface area contributed by atoms with Gasteiger partial charge >= 0.3 is 0 Å². The molecule has 6 heterocycles. The molecular weight excluding hydrogens is 490 g/mol. The molecule has 1 N–H and O–H groups in total. The number of halogens is 1. The van der Waals surface area contributed by atoms with Gasteiger partial charge in [-0.3, -0.25) is 9.48 Å². The highest BCUT2D eigenvalue weighted by Crippen LogP contribution is 2.47. The average Bonchev–Trinajstić information content (AvgIpc) is 3.28. The van der Waals surface area contributed by atoms with Crippen molar-refractivity contribution in [1.82, 2.24) is 39.6 Å². The number of likely N-dealkylation sites (tertiary alicyclic amines) is 1. The van der Waals surface area contributed by atoms with Crippen molar-refractivity contribution >= 4 is 34.5 Å². The molecule has 1 saturated carbocycles. The lowest BCUT2D eigenvalue weighted by molar-refractivity contribution is -0.134. The SMILES string of the molecule is O=C([C@@H]1CCCN(c2ccc3[nH]c(-c4ccnc(C5(n6cc(Cl)cn6)CC5)n4)nc3n2)C1)N1CCCC1. The van der Waals surface area contributed by atoms with Gasteiger partial charge in [0.1, 0.15) is 17.1 Å². The molecule has 3 fully saturated rings. The van der Waals surface area contributed by atoms with Gasteiger partial charge in [0.05, 0.1) is 22.7 Å². The number of nitrogens with zero attached hydrogens (tertiary/aromatic N) is 8. The smallest absolute Gasteiger partial charge is 0.227 e. The van der Waals surface area contributed by atoms with Gasteiger partial charge in [0.2, 0.25) is 5.91 Å². The lowest BCUT2D eigenvalue weighted by Crippen LogP contribution is -2.44. The first kappa shape index (κ1) is 22.7. The summed E-state index contributed by atoms with van der Waals surface area (Å²) in [4.78, 5) is 39.6. The number of carbonyl (C=O) groups excluding carboxylic acids is 1. The molecule has 11 heteroatoms. The number of hydrogen-bond acceptors (Lipinski definition) is 7. The highest BCUT2D eigenvalue weighted by atomic mass is 35.5. The molecule has 4 aromatic rings. The van der Waals surface area contributed by atoms with Gasteiger partial charge in [0.15, 0.2) is 17.3 Å². The van der Waals surface area contributed by atoms with Crippen LogP contribution in [0.4, 0.5) is 5.82 Å². The molecule has 190 valence electrons. The highest BCUT2D eigenvalue weighted by Gasteiger charge is 2.50. The summed E-state index contributed by atoms with van der Waals surface area (Å²) in [7, 11) is 0. The first-order valence-electron chi connectivity index (χ1n) is 13.0. The number of aromatic nitrogens is 7. The van der Waals surface area contributed by atoms with Gasteiger partial charge in [-0.15, -0.1) is 0 Å². The van der Waals surface area contributed by atoms with E-state index in [4.69, 9.17) is 26.6 Å². The highest BCUT2D eigenvalue weighted by molar-refractivity contribution is 6.30. The van der Waals surface area contributed by atoms with Crippen LogP contribution in [-0.2, 0) is 10.3 Å². The summed E-state index contributed by atoms with van der Waals surface area (Å²) < 4.78 is 1.86. The third-order valence-electron chi connectivity index (χ3n) is 7.87. The second-order valence-corrected chi connectivity index (χ2v) is 10.8. The molecule has 0 radical (unpaired) electrons. The maximum atomic E-state index is 13.0. The van der Waals surface area contributed by atoms with Gasteiger partial charge in [0, 0.05) is 38.6 Å². The maximum absolute atomic E-state index is 13.0. The number of amides is 1. The average molecular weight is 518 g/mol. The van der Waals surface area contributed by atoms with E-state index in [0.717, 1.165) is 69.5 Å². The second-order valence-electron chi connectivity index (χ2n) is 10.3. The Kier molecular flexibility index (Phi) is 5.38. The van der Waals surface area contributed by atoms with Gasteiger partial charge in [-0.05, 0) is 56.7 Å². The second kappa shape index (κ2) is 8.79. The van der Waals surface area contributed by atoms with E-state index in [-0.39, 0.29) is 11.5 Å². The third-order valence-corrected chi connectivity index (χ3v) is 8.07. The molecule has 37 heavy (non-hydrogen) atoms. The van der Waals surface area contributed by atoms with E-state index in [0.29, 0.717) is 40.5 Å². The van der Waals surface area contributed by atoms with Gasteiger partial charge in [0.25, 0.3) is 0 Å². The molecule has 4 aromatic heterocycles. The summed E-state index contributed by atoms with van der Waals surface area (Å²) in [6, 6.07) is 5.88. The fraction of sp³-hybridized carbons (Fsp3) is 0.462. The van der Waals surface area contributed by atoms with E-state index in [9.17, 15) is 4.79 Å². The van der Waals surface area contributed by atoms with Crippen LogP contribution in [0, 0.1) is 5.92 Å². The van der Waals surface area contributed by atoms with Gasteiger partial charge in [-0.1, -0.05) is 11.6 Å².